The molecule has 1 rings (SSSR count). The summed E-state index contributed by atoms with van der Waals surface area (Å²) >= 11 is 11.7. The zero-order valence-electron chi connectivity index (χ0n) is 12.0. The third-order valence-electron chi connectivity index (χ3n) is 3.02. The van der Waals surface area contributed by atoms with Crippen molar-refractivity contribution in [2.24, 2.45) is 11.8 Å². The second kappa shape index (κ2) is 7.36. The lowest BCUT2D eigenvalue weighted by Gasteiger charge is -2.20. The van der Waals surface area contributed by atoms with Crippen molar-refractivity contribution in [2.45, 2.75) is 44.0 Å². The van der Waals surface area contributed by atoms with E-state index < -0.39 is 10.4 Å². The number of nitrogens with one attached hydrogen (secondary N) is 2. The van der Waals surface area contributed by atoms with E-state index in [2.05, 4.69) is 10.6 Å². The minimum atomic E-state index is -0.924. The molecule has 0 heterocycles. The largest absolute Gasteiger partial charge is 0.450 e. The number of rotatable bonds is 7. The van der Waals surface area contributed by atoms with Crippen molar-refractivity contribution in [3.63, 3.8) is 0 Å². The molecule has 0 saturated heterocycles. The first kappa shape index (κ1) is 17.4. The van der Waals surface area contributed by atoms with Gasteiger partial charge in [0.05, 0.1) is 12.5 Å². The van der Waals surface area contributed by atoms with Crippen molar-refractivity contribution in [1.82, 2.24) is 10.6 Å². The number of hydrogen-bond donors (Lipinski definition) is 2. The summed E-state index contributed by atoms with van der Waals surface area (Å²) in [6, 6.07) is -0.170. The van der Waals surface area contributed by atoms with Crippen LogP contribution < -0.4 is 10.6 Å². The van der Waals surface area contributed by atoms with E-state index in [0.717, 1.165) is 6.42 Å². The Hall–Kier alpha value is -0.680. The van der Waals surface area contributed by atoms with Crippen molar-refractivity contribution in [1.29, 1.82) is 0 Å². The van der Waals surface area contributed by atoms with Crippen LogP contribution in [0.1, 0.15) is 33.6 Å². The fraction of sp³-hybridized carbons (Fsp3) is 0.846. The predicted molar refractivity (Wildman–Crippen MR) is 79.0 cm³/mol. The molecule has 1 saturated carbocycles. The summed E-state index contributed by atoms with van der Waals surface area (Å²) in [6.07, 6.45) is 0.751. The zero-order valence-corrected chi connectivity index (χ0v) is 13.6. The molecule has 0 spiro atoms. The number of halogens is 2. The zero-order chi connectivity index (χ0) is 15.3. The predicted octanol–water partition coefficient (Wildman–Crippen LogP) is 2.46. The average Bonchev–Trinajstić information content (AvgIpc) is 2.94. The van der Waals surface area contributed by atoms with Gasteiger partial charge < -0.3 is 15.4 Å². The Morgan fingerprint density at radius 1 is 1.40 bits per heavy atom. The van der Waals surface area contributed by atoms with E-state index in [1.54, 1.807) is 6.92 Å². The fourth-order valence-electron chi connectivity index (χ4n) is 1.95. The first-order chi connectivity index (χ1) is 9.26. The van der Waals surface area contributed by atoms with Crippen LogP contribution in [0.15, 0.2) is 0 Å². The average molecular weight is 325 g/mol. The Labute approximate surface area is 129 Å². The number of carbonyl (C=O) groups is 2. The number of alkyl halides is 2. The summed E-state index contributed by atoms with van der Waals surface area (Å²) < 4.78 is 3.92. The maximum absolute atomic E-state index is 11.8. The Morgan fingerprint density at radius 3 is 2.45 bits per heavy atom. The number of alkyl carbamates (subject to hydrolysis) is 1. The van der Waals surface area contributed by atoms with Gasteiger partial charge in [-0.15, -0.1) is 23.2 Å². The van der Waals surface area contributed by atoms with Crippen LogP contribution in [0.2, 0.25) is 0 Å². The second-order valence-electron chi connectivity index (χ2n) is 5.45. The molecule has 0 aromatic carbocycles. The summed E-state index contributed by atoms with van der Waals surface area (Å²) in [6.45, 7) is 6.49. The van der Waals surface area contributed by atoms with E-state index in [4.69, 9.17) is 27.9 Å². The molecular weight excluding hydrogens is 303 g/mol. The molecule has 2 amide bonds. The summed E-state index contributed by atoms with van der Waals surface area (Å²) in [5.74, 6) is -0.137. The van der Waals surface area contributed by atoms with Gasteiger partial charge in [-0.2, -0.15) is 0 Å². The van der Waals surface area contributed by atoms with Gasteiger partial charge in [0.2, 0.25) is 5.91 Å². The van der Waals surface area contributed by atoms with E-state index in [0.29, 0.717) is 25.5 Å². The topological polar surface area (TPSA) is 67.4 Å². The van der Waals surface area contributed by atoms with Gasteiger partial charge in [-0.3, -0.25) is 4.79 Å². The number of hydrogen-bond acceptors (Lipinski definition) is 3. The SMILES string of the molecule is CCOC(=O)NC(CNC(=O)C1CC1(Cl)Cl)CC(C)C. The molecule has 1 aliphatic rings. The summed E-state index contributed by atoms with van der Waals surface area (Å²) in [7, 11) is 0. The standard InChI is InChI=1S/C13H22Cl2N2O3/c1-4-20-12(19)17-9(5-8(2)3)7-16-11(18)10-6-13(10,14)15/h8-10H,4-7H2,1-3H3,(H,16,18)(H,17,19). The molecule has 2 N–H and O–H groups in total. The summed E-state index contributed by atoms with van der Waals surface area (Å²) in [4.78, 5) is 23.2. The number of ether oxygens (including phenoxy) is 1. The summed E-state index contributed by atoms with van der Waals surface area (Å²) in [5.41, 5.74) is 0. The van der Waals surface area contributed by atoms with Crippen LogP contribution in [0.25, 0.3) is 0 Å². The fourth-order valence-corrected chi connectivity index (χ4v) is 2.45. The van der Waals surface area contributed by atoms with Gasteiger partial charge in [0, 0.05) is 12.6 Å². The highest BCUT2D eigenvalue weighted by Gasteiger charge is 2.56. The van der Waals surface area contributed by atoms with Crippen molar-refractivity contribution in [3.05, 3.63) is 0 Å². The highest BCUT2D eigenvalue weighted by molar-refractivity contribution is 6.52. The Balaban J connectivity index is 2.40. The van der Waals surface area contributed by atoms with E-state index in [9.17, 15) is 9.59 Å². The van der Waals surface area contributed by atoms with Gasteiger partial charge in [0.1, 0.15) is 4.33 Å². The van der Waals surface area contributed by atoms with Crippen molar-refractivity contribution in [3.8, 4) is 0 Å². The molecule has 0 aliphatic heterocycles. The molecule has 2 unspecified atom stereocenters. The third kappa shape index (κ3) is 5.75. The highest BCUT2D eigenvalue weighted by atomic mass is 35.5. The van der Waals surface area contributed by atoms with Crippen LogP contribution in [0, 0.1) is 11.8 Å². The normalized spacial score (nSPS) is 21.2. The lowest BCUT2D eigenvalue weighted by molar-refractivity contribution is -0.122. The molecular formula is C13H22Cl2N2O3. The van der Waals surface area contributed by atoms with E-state index >= 15 is 0 Å². The van der Waals surface area contributed by atoms with Gasteiger partial charge >= 0.3 is 6.09 Å². The van der Waals surface area contributed by atoms with Gasteiger partial charge in [0.25, 0.3) is 0 Å². The minimum Gasteiger partial charge on any atom is -0.450 e. The van der Waals surface area contributed by atoms with Crippen LogP contribution in [0.4, 0.5) is 4.79 Å². The molecule has 0 aromatic rings. The van der Waals surface area contributed by atoms with Gasteiger partial charge in [0.15, 0.2) is 0 Å². The van der Waals surface area contributed by atoms with Gasteiger partial charge in [-0.25, -0.2) is 4.79 Å². The second-order valence-corrected chi connectivity index (χ2v) is 7.00. The lowest BCUT2D eigenvalue weighted by Crippen LogP contribution is -2.45. The van der Waals surface area contributed by atoms with Crippen LogP contribution >= 0.6 is 23.2 Å². The van der Waals surface area contributed by atoms with Crippen LogP contribution in [-0.2, 0) is 9.53 Å². The molecule has 0 aromatic heterocycles. The molecule has 0 radical (unpaired) electrons. The Kier molecular flexibility index (Phi) is 6.40. The highest BCUT2D eigenvalue weighted by Crippen LogP contribution is 2.53. The van der Waals surface area contributed by atoms with Crippen molar-refractivity contribution < 1.29 is 14.3 Å². The van der Waals surface area contributed by atoms with Crippen LogP contribution in [-0.4, -0.2) is 35.5 Å². The first-order valence-electron chi connectivity index (χ1n) is 6.85. The Bertz CT molecular complexity index is 362. The van der Waals surface area contributed by atoms with Crippen LogP contribution in [0.3, 0.4) is 0 Å². The maximum atomic E-state index is 11.8. The quantitative estimate of drug-likeness (QED) is 0.707. The molecule has 2 atom stereocenters. The molecule has 0 bridgehead atoms. The van der Waals surface area contributed by atoms with Crippen LogP contribution in [0.5, 0.6) is 0 Å². The van der Waals surface area contributed by atoms with E-state index in [1.807, 2.05) is 13.8 Å². The number of amides is 2. The van der Waals surface area contributed by atoms with Gasteiger partial charge in [-0.1, -0.05) is 13.8 Å². The molecule has 1 fully saturated rings. The lowest BCUT2D eigenvalue weighted by atomic mass is 10.0. The first-order valence-corrected chi connectivity index (χ1v) is 7.60. The van der Waals surface area contributed by atoms with Gasteiger partial charge in [-0.05, 0) is 25.7 Å². The van der Waals surface area contributed by atoms with Crippen molar-refractivity contribution >= 4 is 35.2 Å². The smallest absolute Gasteiger partial charge is 0.407 e. The molecule has 7 heteroatoms. The molecule has 1 aliphatic carbocycles. The molecule has 20 heavy (non-hydrogen) atoms. The summed E-state index contributed by atoms with van der Waals surface area (Å²) in [5, 5.41) is 5.52. The number of carbonyl (C=O) groups excluding carboxylic acids is 2. The minimum absolute atomic E-state index is 0.170. The van der Waals surface area contributed by atoms with Crippen molar-refractivity contribution in [2.75, 3.05) is 13.2 Å². The van der Waals surface area contributed by atoms with E-state index in [-0.39, 0.29) is 17.9 Å². The van der Waals surface area contributed by atoms with E-state index in [1.165, 1.54) is 0 Å². The Morgan fingerprint density at radius 2 is 2.00 bits per heavy atom. The maximum Gasteiger partial charge on any atom is 0.407 e. The molecule has 116 valence electrons. The molecule has 5 nitrogen and oxygen atoms in total. The monoisotopic (exact) mass is 324 g/mol. The third-order valence-corrected chi connectivity index (χ3v) is 3.85.